The number of carbonyl (C=O) groups excluding carboxylic acids is 2. The Morgan fingerprint density at radius 3 is 2.35 bits per heavy atom. The molecule has 0 bridgehead atoms. The van der Waals surface area contributed by atoms with Gasteiger partial charge >= 0.3 is 12.1 Å². The second-order valence-electron chi connectivity index (χ2n) is 8.47. The van der Waals surface area contributed by atoms with Crippen molar-refractivity contribution in [3.8, 4) is 0 Å². The number of aliphatic hydroxyl groups is 3. The van der Waals surface area contributed by atoms with Crippen molar-refractivity contribution in [2.24, 2.45) is 5.92 Å². The predicted octanol–water partition coefficient (Wildman–Crippen LogP) is -0.0872. The van der Waals surface area contributed by atoms with Crippen LogP contribution in [0.1, 0.15) is 32.3 Å². The van der Waals surface area contributed by atoms with Crippen LogP contribution in [-0.2, 0) is 30.5 Å². The Balaban J connectivity index is 2.29. The molecule has 1 aromatic carbocycles. The van der Waals surface area contributed by atoms with Gasteiger partial charge in [-0.05, 0) is 24.1 Å². The fraction of sp³-hybridized carbons (Fsp3) is 0.600. The van der Waals surface area contributed by atoms with Crippen molar-refractivity contribution in [1.29, 1.82) is 0 Å². The van der Waals surface area contributed by atoms with E-state index in [1.165, 1.54) is 0 Å². The van der Waals surface area contributed by atoms with Crippen molar-refractivity contribution in [3.05, 3.63) is 29.8 Å². The molecular formula is C20H27F3N2O8S. The number of aliphatic hydroxyl groups excluding tert-OH is 2. The molecule has 0 heterocycles. The minimum atomic E-state index is -4.81. The minimum absolute atomic E-state index is 0.385. The van der Waals surface area contributed by atoms with Gasteiger partial charge in [-0.3, -0.25) is 4.79 Å². The molecule has 5 N–H and O–H groups in total. The van der Waals surface area contributed by atoms with Crippen LogP contribution in [0.25, 0.3) is 0 Å². The van der Waals surface area contributed by atoms with Gasteiger partial charge in [0, 0.05) is 12.8 Å². The molecule has 0 saturated heterocycles. The topological polar surface area (TPSA) is 162 Å². The highest BCUT2D eigenvalue weighted by atomic mass is 32.2. The van der Waals surface area contributed by atoms with Gasteiger partial charge in [0.1, 0.15) is 11.6 Å². The van der Waals surface area contributed by atoms with Crippen LogP contribution < -0.4 is 10.0 Å². The van der Waals surface area contributed by atoms with Crippen molar-refractivity contribution in [2.45, 2.75) is 67.7 Å². The molecule has 10 nitrogen and oxygen atoms in total. The Morgan fingerprint density at radius 1 is 1.21 bits per heavy atom. The summed E-state index contributed by atoms with van der Waals surface area (Å²) in [6, 6.07) is 0.0303. The van der Waals surface area contributed by atoms with E-state index in [1.54, 1.807) is 13.8 Å². The first-order chi connectivity index (χ1) is 15.5. The smallest absolute Gasteiger partial charge is 0.416 e. The van der Waals surface area contributed by atoms with E-state index in [9.17, 15) is 46.5 Å². The largest absolute Gasteiger partial charge is 0.467 e. The maximum Gasteiger partial charge on any atom is 0.416 e. The van der Waals surface area contributed by atoms with Gasteiger partial charge < -0.3 is 25.4 Å². The zero-order valence-electron chi connectivity index (χ0n) is 18.5. The molecule has 1 aliphatic carbocycles. The quantitative estimate of drug-likeness (QED) is 0.317. The molecule has 1 fully saturated rings. The second kappa shape index (κ2) is 10.2. The molecule has 5 atom stereocenters. The van der Waals surface area contributed by atoms with E-state index in [0.717, 1.165) is 19.2 Å². The lowest BCUT2D eigenvalue weighted by Gasteiger charge is -2.41. The number of rotatable bonds is 7. The number of halogens is 3. The summed E-state index contributed by atoms with van der Waals surface area (Å²) >= 11 is 0. The summed E-state index contributed by atoms with van der Waals surface area (Å²) in [6.07, 6.45) is -9.78. The fourth-order valence-electron chi connectivity index (χ4n) is 3.61. The molecule has 1 aliphatic rings. The number of benzene rings is 1. The number of carbonyl (C=O) groups is 2. The van der Waals surface area contributed by atoms with Gasteiger partial charge in [0.05, 0.1) is 35.8 Å². The molecule has 2 rings (SSSR count). The molecule has 1 aromatic rings. The first-order valence-electron chi connectivity index (χ1n) is 10.2. The monoisotopic (exact) mass is 512 g/mol. The molecule has 0 aliphatic heterocycles. The summed E-state index contributed by atoms with van der Waals surface area (Å²) in [6.45, 7) is 3.19. The highest BCUT2D eigenvalue weighted by Crippen LogP contribution is 2.33. The van der Waals surface area contributed by atoms with Crippen LogP contribution >= 0.6 is 0 Å². The zero-order chi connectivity index (χ0) is 26.1. The lowest BCUT2D eigenvalue weighted by atomic mass is 9.78. The molecule has 14 heteroatoms. The average Bonchev–Trinajstić information content (AvgIpc) is 2.73. The molecule has 0 spiro atoms. The first-order valence-corrected chi connectivity index (χ1v) is 11.7. The highest BCUT2D eigenvalue weighted by molar-refractivity contribution is 7.89. The van der Waals surface area contributed by atoms with E-state index in [0.29, 0.717) is 12.1 Å². The lowest BCUT2D eigenvalue weighted by molar-refractivity contribution is -0.161. The lowest BCUT2D eigenvalue weighted by Crippen LogP contribution is -2.64. The number of hydrogen-bond acceptors (Lipinski definition) is 8. The van der Waals surface area contributed by atoms with Gasteiger partial charge in [-0.1, -0.05) is 19.9 Å². The minimum Gasteiger partial charge on any atom is -0.467 e. The summed E-state index contributed by atoms with van der Waals surface area (Å²) in [4.78, 5) is 23.9. The molecule has 5 unspecified atom stereocenters. The van der Waals surface area contributed by atoms with Gasteiger partial charge in [-0.2, -0.15) is 13.2 Å². The van der Waals surface area contributed by atoms with E-state index in [4.69, 9.17) is 0 Å². The maximum absolute atomic E-state index is 13.0. The van der Waals surface area contributed by atoms with E-state index >= 15 is 0 Å². The number of methoxy groups -OCH3 is 1. The van der Waals surface area contributed by atoms with E-state index in [1.807, 2.05) is 4.72 Å². The van der Waals surface area contributed by atoms with Crippen LogP contribution in [0.15, 0.2) is 29.2 Å². The highest BCUT2D eigenvalue weighted by Gasteiger charge is 2.50. The summed E-state index contributed by atoms with van der Waals surface area (Å²) in [5, 5.41) is 33.6. The average molecular weight is 513 g/mol. The van der Waals surface area contributed by atoms with Crippen molar-refractivity contribution in [1.82, 2.24) is 10.0 Å². The van der Waals surface area contributed by atoms with Crippen LogP contribution in [-0.4, -0.2) is 72.6 Å². The van der Waals surface area contributed by atoms with Crippen molar-refractivity contribution >= 4 is 21.9 Å². The summed E-state index contributed by atoms with van der Waals surface area (Å²) in [7, 11) is -3.57. The first kappa shape index (κ1) is 28.0. The number of ether oxygens (including phenoxy) is 1. The standard InChI is InChI=1S/C20H27F3N2O8S/c1-10(2)15(17(28)33-3)24-18(29)19(30)8-13(16(27)14(26)9-19)25-34(31,32)12-6-4-5-11(7-12)20(21,22)23/h4-7,10,13-16,25-27,30H,8-9H2,1-3H3,(H,24,29). The predicted molar refractivity (Wildman–Crippen MR) is 111 cm³/mol. The molecule has 1 amide bonds. The van der Waals surface area contributed by atoms with E-state index < -0.39 is 87.2 Å². The second-order valence-corrected chi connectivity index (χ2v) is 10.2. The SMILES string of the molecule is COC(=O)C(NC(=O)C1(O)CC(O)C(O)C(NS(=O)(=O)c2cccc(C(F)(F)F)c2)C1)C(C)C. The van der Waals surface area contributed by atoms with E-state index in [2.05, 4.69) is 10.1 Å². The van der Waals surface area contributed by atoms with Crippen molar-refractivity contribution in [2.75, 3.05) is 7.11 Å². The van der Waals surface area contributed by atoms with Gasteiger partial charge in [0.15, 0.2) is 0 Å². The van der Waals surface area contributed by atoms with Crippen LogP contribution in [0.4, 0.5) is 13.2 Å². The Bertz CT molecular complexity index is 1020. The molecular weight excluding hydrogens is 485 g/mol. The van der Waals surface area contributed by atoms with Gasteiger partial charge in [0.2, 0.25) is 10.0 Å². The Morgan fingerprint density at radius 2 is 1.82 bits per heavy atom. The number of hydrogen-bond donors (Lipinski definition) is 5. The van der Waals surface area contributed by atoms with Crippen LogP contribution in [0.5, 0.6) is 0 Å². The number of amides is 1. The molecule has 192 valence electrons. The van der Waals surface area contributed by atoms with Gasteiger partial charge in [0.25, 0.3) is 5.91 Å². The number of nitrogens with one attached hydrogen (secondary N) is 2. The summed E-state index contributed by atoms with van der Waals surface area (Å²) in [5.74, 6) is -2.37. The molecule has 34 heavy (non-hydrogen) atoms. The number of alkyl halides is 3. The Labute approximate surface area is 194 Å². The summed E-state index contributed by atoms with van der Waals surface area (Å²) in [5.41, 5.74) is -3.64. The third kappa shape index (κ3) is 6.24. The molecule has 0 aromatic heterocycles. The third-order valence-corrected chi connectivity index (χ3v) is 7.01. The van der Waals surface area contributed by atoms with Crippen LogP contribution in [0.3, 0.4) is 0 Å². The van der Waals surface area contributed by atoms with Crippen LogP contribution in [0.2, 0.25) is 0 Å². The van der Waals surface area contributed by atoms with Crippen molar-refractivity contribution < 1.29 is 51.2 Å². The van der Waals surface area contributed by atoms with E-state index in [-0.39, 0.29) is 0 Å². The zero-order valence-corrected chi connectivity index (χ0v) is 19.4. The Kier molecular flexibility index (Phi) is 8.36. The van der Waals surface area contributed by atoms with Gasteiger partial charge in [-0.15, -0.1) is 0 Å². The normalized spacial score (nSPS) is 26.7. The molecule has 0 radical (unpaired) electrons. The fourth-order valence-corrected chi connectivity index (χ4v) is 4.90. The number of sulfonamides is 1. The van der Waals surface area contributed by atoms with Gasteiger partial charge in [-0.25, -0.2) is 17.9 Å². The van der Waals surface area contributed by atoms with Crippen molar-refractivity contribution in [3.63, 3.8) is 0 Å². The van der Waals surface area contributed by atoms with Crippen LogP contribution in [0, 0.1) is 5.92 Å². The Hall–Kier alpha value is -2.26. The third-order valence-electron chi connectivity index (χ3n) is 5.52. The number of esters is 1. The molecule has 1 saturated carbocycles. The maximum atomic E-state index is 13.0. The summed E-state index contributed by atoms with van der Waals surface area (Å²) < 4.78 is 70.8.